The molecule has 5 nitrogen and oxygen atoms in total. The first kappa shape index (κ1) is 18.1. The number of nitrogens with zero attached hydrogens (tertiary/aromatic N) is 1. The van der Waals surface area contributed by atoms with Crippen LogP contribution in [0.4, 0.5) is 0 Å². The monoisotopic (exact) mass is 347 g/mol. The lowest BCUT2D eigenvalue weighted by atomic mass is 9.68. The van der Waals surface area contributed by atoms with Crippen molar-refractivity contribution in [2.75, 3.05) is 40.5 Å². The zero-order valence-electron chi connectivity index (χ0n) is 15.3. The van der Waals surface area contributed by atoms with Crippen molar-refractivity contribution in [2.45, 2.75) is 32.1 Å². The molecule has 0 radical (unpaired) electrons. The van der Waals surface area contributed by atoms with Crippen LogP contribution in [0.15, 0.2) is 24.3 Å². The fraction of sp³-hybridized carbons (Fsp3) is 0.650. The minimum atomic E-state index is -0.260. The third-order valence-electron chi connectivity index (χ3n) is 5.52. The molecule has 1 atom stereocenters. The number of piperidine rings is 1. The third-order valence-corrected chi connectivity index (χ3v) is 5.52. The lowest BCUT2D eigenvalue weighted by Crippen LogP contribution is -2.53. The van der Waals surface area contributed by atoms with E-state index in [1.54, 1.807) is 14.2 Å². The highest BCUT2D eigenvalue weighted by atomic mass is 16.5. The largest absolute Gasteiger partial charge is 0.497 e. The van der Waals surface area contributed by atoms with Crippen LogP contribution in [-0.4, -0.2) is 51.3 Å². The standard InChI is InChI=1S/C20H29NO4/c1-23-15-20(9-5-10-20)19(22)21-11-4-6-16(13-21)14-25-18-8-3-7-17(12-18)24-2/h3,7-8,12,16H,4-6,9-11,13-15H2,1-2H3/t16-/m1/s1. The van der Waals surface area contributed by atoms with Crippen LogP contribution in [0.5, 0.6) is 11.5 Å². The molecule has 0 unspecified atom stereocenters. The minimum absolute atomic E-state index is 0.260. The molecule has 138 valence electrons. The van der Waals surface area contributed by atoms with E-state index in [4.69, 9.17) is 14.2 Å². The minimum Gasteiger partial charge on any atom is -0.497 e. The Morgan fingerprint density at radius 3 is 2.72 bits per heavy atom. The van der Waals surface area contributed by atoms with Crippen LogP contribution < -0.4 is 9.47 Å². The maximum absolute atomic E-state index is 13.0. The van der Waals surface area contributed by atoms with Crippen molar-refractivity contribution in [3.8, 4) is 11.5 Å². The Hall–Kier alpha value is -1.75. The number of carbonyl (C=O) groups is 1. The molecule has 5 heteroatoms. The summed E-state index contributed by atoms with van der Waals surface area (Å²) in [5.41, 5.74) is -0.260. The second-order valence-corrected chi connectivity index (χ2v) is 7.32. The van der Waals surface area contributed by atoms with Crippen molar-refractivity contribution < 1.29 is 19.0 Å². The number of rotatable bonds is 7. The lowest BCUT2D eigenvalue weighted by Gasteiger charge is -2.45. The second kappa shape index (κ2) is 8.09. The molecule has 1 saturated carbocycles. The number of ether oxygens (including phenoxy) is 3. The molecule has 0 aromatic heterocycles. The molecule has 0 bridgehead atoms. The van der Waals surface area contributed by atoms with Gasteiger partial charge in [-0.1, -0.05) is 12.5 Å². The van der Waals surface area contributed by atoms with Gasteiger partial charge in [0.2, 0.25) is 5.91 Å². The van der Waals surface area contributed by atoms with Crippen molar-refractivity contribution in [3.63, 3.8) is 0 Å². The molecule has 0 spiro atoms. The number of methoxy groups -OCH3 is 2. The van der Waals surface area contributed by atoms with Crippen molar-refractivity contribution in [1.82, 2.24) is 4.90 Å². The number of benzene rings is 1. The maximum atomic E-state index is 13.0. The van der Waals surface area contributed by atoms with Crippen molar-refractivity contribution in [1.29, 1.82) is 0 Å². The summed E-state index contributed by atoms with van der Waals surface area (Å²) in [5, 5.41) is 0. The van der Waals surface area contributed by atoms with E-state index in [-0.39, 0.29) is 11.3 Å². The van der Waals surface area contributed by atoms with E-state index in [9.17, 15) is 4.79 Å². The predicted octanol–water partition coefficient (Wildman–Crippen LogP) is 3.13. The Morgan fingerprint density at radius 1 is 1.24 bits per heavy atom. The van der Waals surface area contributed by atoms with Gasteiger partial charge in [-0.3, -0.25) is 4.79 Å². The molecule has 2 aliphatic rings. The highest BCUT2D eigenvalue weighted by Gasteiger charge is 2.47. The smallest absolute Gasteiger partial charge is 0.231 e. The molecule has 3 rings (SSSR count). The van der Waals surface area contributed by atoms with E-state index in [0.717, 1.165) is 56.7 Å². The van der Waals surface area contributed by atoms with Crippen molar-refractivity contribution >= 4 is 5.91 Å². The van der Waals surface area contributed by atoms with Gasteiger partial charge in [0.05, 0.1) is 25.7 Å². The summed E-state index contributed by atoms with van der Waals surface area (Å²) in [7, 11) is 3.34. The molecule has 1 saturated heterocycles. The van der Waals surface area contributed by atoms with E-state index >= 15 is 0 Å². The second-order valence-electron chi connectivity index (χ2n) is 7.32. The average Bonchev–Trinajstić information content (AvgIpc) is 2.63. The normalized spacial score (nSPS) is 22.2. The van der Waals surface area contributed by atoms with Crippen LogP contribution in [0, 0.1) is 11.3 Å². The summed E-state index contributed by atoms with van der Waals surface area (Å²) in [5.74, 6) is 2.28. The van der Waals surface area contributed by atoms with E-state index in [1.807, 2.05) is 29.2 Å². The van der Waals surface area contributed by atoms with Gasteiger partial charge >= 0.3 is 0 Å². The summed E-state index contributed by atoms with van der Waals surface area (Å²) >= 11 is 0. The molecule has 2 fully saturated rings. The fourth-order valence-electron chi connectivity index (χ4n) is 3.93. The number of amides is 1. The van der Waals surface area contributed by atoms with E-state index in [1.165, 1.54) is 0 Å². The predicted molar refractivity (Wildman–Crippen MR) is 96.0 cm³/mol. The van der Waals surface area contributed by atoms with Crippen LogP contribution in [0.3, 0.4) is 0 Å². The van der Waals surface area contributed by atoms with Gasteiger partial charge in [-0.15, -0.1) is 0 Å². The third kappa shape index (κ3) is 4.09. The summed E-state index contributed by atoms with van der Waals surface area (Å²) in [6.45, 7) is 2.83. The fourth-order valence-corrected chi connectivity index (χ4v) is 3.93. The van der Waals surface area contributed by atoms with Gasteiger partial charge in [0.1, 0.15) is 11.5 Å². The maximum Gasteiger partial charge on any atom is 0.231 e. The Kier molecular flexibility index (Phi) is 5.84. The van der Waals surface area contributed by atoms with Gasteiger partial charge in [-0.05, 0) is 37.8 Å². The topological polar surface area (TPSA) is 48.0 Å². The number of carbonyl (C=O) groups excluding carboxylic acids is 1. The summed E-state index contributed by atoms with van der Waals surface area (Å²) in [4.78, 5) is 15.0. The molecule has 1 amide bonds. The number of hydrogen-bond donors (Lipinski definition) is 0. The molecule has 1 heterocycles. The average molecular weight is 347 g/mol. The summed E-state index contributed by atoms with van der Waals surface area (Å²) in [6, 6.07) is 7.67. The molecule has 25 heavy (non-hydrogen) atoms. The lowest BCUT2D eigenvalue weighted by molar-refractivity contribution is -0.154. The van der Waals surface area contributed by atoms with Crippen LogP contribution in [0.25, 0.3) is 0 Å². The molecule has 0 N–H and O–H groups in total. The van der Waals surface area contributed by atoms with Gasteiger partial charge in [-0.25, -0.2) is 0 Å². The van der Waals surface area contributed by atoms with Gasteiger partial charge in [0, 0.05) is 32.2 Å². The first-order chi connectivity index (χ1) is 12.2. The SMILES string of the molecule is COCC1(C(=O)N2CCC[C@@H](COc3cccc(OC)c3)C2)CCC1. The van der Waals surface area contributed by atoms with Gasteiger partial charge < -0.3 is 19.1 Å². The number of likely N-dealkylation sites (tertiary alicyclic amines) is 1. The van der Waals surface area contributed by atoms with E-state index in [0.29, 0.717) is 19.1 Å². The van der Waals surface area contributed by atoms with Crippen LogP contribution >= 0.6 is 0 Å². The Bertz CT molecular complexity index is 585. The van der Waals surface area contributed by atoms with E-state index < -0.39 is 0 Å². The van der Waals surface area contributed by atoms with E-state index in [2.05, 4.69) is 0 Å². The van der Waals surface area contributed by atoms with Gasteiger partial charge in [0.15, 0.2) is 0 Å². The Labute approximate surface area is 150 Å². The van der Waals surface area contributed by atoms with Gasteiger partial charge in [-0.2, -0.15) is 0 Å². The van der Waals surface area contributed by atoms with Crippen LogP contribution in [0.2, 0.25) is 0 Å². The molecule has 1 aromatic carbocycles. The van der Waals surface area contributed by atoms with Crippen LogP contribution in [0.1, 0.15) is 32.1 Å². The van der Waals surface area contributed by atoms with Crippen LogP contribution in [-0.2, 0) is 9.53 Å². The highest BCUT2D eigenvalue weighted by molar-refractivity contribution is 5.84. The zero-order valence-corrected chi connectivity index (χ0v) is 15.3. The summed E-state index contributed by atoms with van der Waals surface area (Å²) in [6.07, 6.45) is 5.19. The first-order valence-electron chi connectivity index (χ1n) is 9.22. The zero-order chi connectivity index (χ0) is 17.7. The first-order valence-corrected chi connectivity index (χ1v) is 9.22. The molecular weight excluding hydrogens is 318 g/mol. The molecule has 1 aliphatic heterocycles. The Morgan fingerprint density at radius 2 is 2.04 bits per heavy atom. The Balaban J connectivity index is 1.55. The molecule has 1 aliphatic carbocycles. The molecule has 1 aromatic rings. The highest BCUT2D eigenvalue weighted by Crippen LogP contribution is 2.43. The van der Waals surface area contributed by atoms with Crippen molar-refractivity contribution in [3.05, 3.63) is 24.3 Å². The van der Waals surface area contributed by atoms with Crippen molar-refractivity contribution in [2.24, 2.45) is 11.3 Å². The van der Waals surface area contributed by atoms with Gasteiger partial charge in [0.25, 0.3) is 0 Å². The quantitative estimate of drug-likeness (QED) is 0.760. The number of hydrogen-bond acceptors (Lipinski definition) is 4. The molecular formula is C20H29NO4. The summed E-state index contributed by atoms with van der Waals surface area (Å²) < 4.78 is 16.5.